The molecular weight excluding hydrogens is 537 g/mol. The van der Waals surface area contributed by atoms with Gasteiger partial charge in [0.15, 0.2) is 10.8 Å². The second kappa shape index (κ2) is 10.5. The fourth-order valence-electron chi connectivity index (χ4n) is 3.93. The summed E-state index contributed by atoms with van der Waals surface area (Å²) in [5, 5.41) is 15.1. The van der Waals surface area contributed by atoms with Gasteiger partial charge in [-0.25, -0.2) is 22.9 Å². The van der Waals surface area contributed by atoms with Gasteiger partial charge in [0.2, 0.25) is 0 Å². The Labute approximate surface area is 206 Å². The highest BCUT2D eigenvalue weighted by Crippen LogP contribution is 2.37. The number of ether oxygens (including phenoxy) is 1. The van der Waals surface area contributed by atoms with E-state index in [9.17, 15) is 23.1 Å². The lowest BCUT2D eigenvalue weighted by Crippen LogP contribution is -2.53. The van der Waals surface area contributed by atoms with E-state index in [2.05, 4.69) is 26.2 Å². The van der Waals surface area contributed by atoms with E-state index in [1.807, 2.05) is 0 Å². The van der Waals surface area contributed by atoms with Crippen molar-refractivity contribution in [1.29, 1.82) is 0 Å². The maximum atomic E-state index is 14.2. The van der Waals surface area contributed by atoms with E-state index in [1.165, 1.54) is 34.4 Å². The Balaban J connectivity index is 1.80. The lowest BCUT2D eigenvalue weighted by atomic mass is 9.94. The minimum absolute atomic E-state index is 0.0264. The van der Waals surface area contributed by atoms with Crippen molar-refractivity contribution in [2.24, 2.45) is 4.99 Å². The molecule has 0 aliphatic carbocycles. The van der Waals surface area contributed by atoms with Crippen LogP contribution >= 0.6 is 27.3 Å². The molecule has 2 aliphatic rings. The second-order valence-electron chi connectivity index (χ2n) is 7.84. The van der Waals surface area contributed by atoms with Crippen molar-refractivity contribution >= 4 is 39.1 Å². The summed E-state index contributed by atoms with van der Waals surface area (Å²) in [7, 11) is 0. The molecule has 1 fully saturated rings. The molecule has 4 rings (SSSR count). The molecule has 0 bridgehead atoms. The zero-order chi connectivity index (χ0) is 24.4. The Morgan fingerprint density at radius 1 is 1.35 bits per heavy atom. The quantitative estimate of drug-likeness (QED) is 0.529. The standard InChI is InChI=1S/C22H22BrF3N4O3S/c1-2-33-22(32)17-16(10-30-8-14(25)19(31)15(26)9-30)28-20(21-27-5-6-34-21)29-18(17)12-4-3-11(24)7-13(12)23/h3-7,14-15,18-19,31H,2,8-10H2,1H3,(H,28,29). The lowest BCUT2D eigenvalue weighted by Gasteiger charge is -2.36. The summed E-state index contributed by atoms with van der Waals surface area (Å²) >= 11 is 4.67. The highest BCUT2D eigenvalue weighted by Gasteiger charge is 2.39. The second-order valence-corrected chi connectivity index (χ2v) is 9.59. The average Bonchev–Trinajstić information content (AvgIpc) is 3.32. The van der Waals surface area contributed by atoms with Crippen LogP contribution in [0.3, 0.4) is 0 Å². The number of halogens is 4. The molecule has 182 valence electrons. The molecule has 7 nitrogen and oxygen atoms in total. The minimum Gasteiger partial charge on any atom is -0.463 e. The molecule has 1 aromatic heterocycles. The molecule has 2 aliphatic heterocycles. The third kappa shape index (κ3) is 5.19. The highest BCUT2D eigenvalue weighted by molar-refractivity contribution is 9.10. The molecular formula is C22H22BrF3N4O3S. The number of nitrogens with zero attached hydrogens (tertiary/aromatic N) is 3. The molecule has 3 atom stereocenters. The number of hydrogen-bond acceptors (Lipinski definition) is 8. The molecule has 34 heavy (non-hydrogen) atoms. The van der Waals surface area contributed by atoms with Crippen LogP contribution in [-0.4, -0.2) is 71.5 Å². The minimum atomic E-state index is -1.77. The third-order valence-electron chi connectivity index (χ3n) is 5.50. The summed E-state index contributed by atoms with van der Waals surface area (Å²) in [4.78, 5) is 23.5. The Morgan fingerprint density at radius 2 is 2.09 bits per heavy atom. The summed E-state index contributed by atoms with van der Waals surface area (Å²) in [6, 6.07) is 3.16. The molecule has 0 radical (unpaired) electrons. The van der Waals surface area contributed by atoms with Gasteiger partial charge in [-0.1, -0.05) is 22.0 Å². The van der Waals surface area contributed by atoms with Crippen molar-refractivity contribution in [1.82, 2.24) is 15.2 Å². The number of alkyl halides is 2. The van der Waals surface area contributed by atoms with Gasteiger partial charge in [0.25, 0.3) is 0 Å². The zero-order valence-electron chi connectivity index (χ0n) is 18.1. The third-order valence-corrected chi connectivity index (χ3v) is 6.97. The topological polar surface area (TPSA) is 87.0 Å². The number of thiazole rings is 1. The summed E-state index contributed by atoms with van der Waals surface area (Å²) in [6.45, 7) is 1.32. The maximum absolute atomic E-state index is 14.2. The van der Waals surface area contributed by atoms with Crippen LogP contribution in [0.1, 0.15) is 23.5 Å². The van der Waals surface area contributed by atoms with Gasteiger partial charge in [0, 0.05) is 41.4 Å². The summed E-state index contributed by atoms with van der Waals surface area (Å²) in [5.41, 5.74) is 1.00. The largest absolute Gasteiger partial charge is 0.463 e. The first-order valence-electron chi connectivity index (χ1n) is 10.6. The zero-order valence-corrected chi connectivity index (χ0v) is 20.5. The van der Waals surface area contributed by atoms with E-state index in [4.69, 9.17) is 9.73 Å². The molecule has 3 heterocycles. The highest BCUT2D eigenvalue weighted by atomic mass is 79.9. The Bertz CT molecular complexity index is 1100. The number of esters is 1. The predicted octanol–water partition coefficient (Wildman–Crippen LogP) is 3.31. The molecule has 2 N–H and O–H groups in total. The first-order valence-corrected chi connectivity index (χ1v) is 12.2. The predicted molar refractivity (Wildman–Crippen MR) is 125 cm³/mol. The molecule has 12 heteroatoms. The van der Waals surface area contributed by atoms with E-state index in [1.54, 1.807) is 18.5 Å². The SMILES string of the molecule is CCOC(=O)C1=C(CN2CC(F)C(O)C(F)C2)NC(c2nccs2)=NC1c1ccc(F)cc1Br. The van der Waals surface area contributed by atoms with Crippen molar-refractivity contribution in [2.45, 2.75) is 31.4 Å². The van der Waals surface area contributed by atoms with Crippen LogP contribution < -0.4 is 5.32 Å². The number of carbonyl (C=O) groups excluding carboxylic acids is 1. The number of hydrogen-bond donors (Lipinski definition) is 2. The van der Waals surface area contributed by atoms with Crippen LogP contribution in [0, 0.1) is 5.82 Å². The van der Waals surface area contributed by atoms with Crippen molar-refractivity contribution in [3.05, 3.63) is 61.9 Å². The fourth-order valence-corrected chi connectivity index (χ4v) is 5.09. The van der Waals surface area contributed by atoms with E-state index < -0.39 is 36.3 Å². The number of aliphatic hydroxyl groups is 1. The molecule has 1 saturated heterocycles. The number of likely N-dealkylation sites (tertiary alicyclic amines) is 1. The molecule has 2 aromatic rings. The first-order chi connectivity index (χ1) is 16.3. The summed E-state index contributed by atoms with van der Waals surface area (Å²) < 4.78 is 47.9. The van der Waals surface area contributed by atoms with Gasteiger partial charge in [0.05, 0.1) is 12.2 Å². The van der Waals surface area contributed by atoms with Gasteiger partial charge >= 0.3 is 5.97 Å². The van der Waals surface area contributed by atoms with Gasteiger partial charge in [-0.2, -0.15) is 0 Å². The molecule has 1 aromatic carbocycles. The maximum Gasteiger partial charge on any atom is 0.338 e. The number of carbonyl (C=O) groups is 1. The van der Waals surface area contributed by atoms with Crippen molar-refractivity contribution < 1.29 is 27.8 Å². The smallest absolute Gasteiger partial charge is 0.338 e. The monoisotopic (exact) mass is 558 g/mol. The number of piperidine rings is 1. The first kappa shape index (κ1) is 24.8. The van der Waals surface area contributed by atoms with Crippen molar-refractivity contribution in [2.75, 3.05) is 26.2 Å². The number of amidine groups is 1. The fraction of sp³-hybridized carbons (Fsp3) is 0.409. The Hall–Kier alpha value is -2.28. The van der Waals surface area contributed by atoms with Crippen molar-refractivity contribution in [3.8, 4) is 0 Å². The molecule has 0 amide bonds. The van der Waals surface area contributed by atoms with E-state index in [0.717, 1.165) is 0 Å². The number of rotatable bonds is 6. The van der Waals surface area contributed by atoms with Gasteiger partial charge in [-0.3, -0.25) is 9.89 Å². The number of nitrogens with one attached hydrogen (secondary N) is 1. The van der Waals surface area contributed by atoms with Gasteiger partial charge in [-0.15, -0.1) is 11.3 Å². The normalized spacial score (nSPS) is 25.6. The lowest BCUT2D eigenvalue weighted by molar-refractivity contribution is -0.139. The van der Waals surface area contributed by atoms with E-state index >= 15 is 0 Å². The van der Waals surface area contributed by atoms with Crippen LogP contribution in [0.2, 0.25) is 0 Å². The Morgan fingerprint density at radius 3 is 2.71 bits per heavy atom. The van der Waals surface area contributed by atoms with E-state index in [-0.39, 0.29) is 31.8 Å². The van der Waals surface area contributed by atoms with Gasteiger partial charge < -0.3 is 15.2 Å². The van der Waals surface area contributed by atoms with Gasteiger partial charge in [0.1, 0.15) is 30.3 Å². The van der Waals surface area contributed by atoms with Gasteiger partial charge in [-0.05, 0) is 24.6 Å². The van der Waals surface area contributed by atoms with Crippen LogP contribution in [-0.2, 0) is 9.53 Å². The van der Waals surface area contributed by atoms with Crippen LogP contribution in [0.15, 0.2) is 50.5 Å². The van der Waals surface area contributed by atoms with Crippen LogP contribution in [0.5, 0.6) is 0 Å². The number of benzene rings is 1. The van der Waals surface area contributed by atoms with Crippen LogP contribution in [0.4, 0.5) is 13.2 Å². The molecule has 0 saturated carbocycles. The number of aliphatic imine (C=N–C) groups is 1. The average molecular weight is 559 g/mol. The van der Waals surface area contributed by atoms with Crippen LogP contribution in [0.25, 0.3) is 0 Å². The summed E-state index contributed by atoms with van der Waals surface area (Å²) in [5.74, 6) is -0.755. The molecule has 3 unspecified atom stereocenters. The number of aromatic nitrogens is 1. The molecule has 0 spiro atoms. The van der Waals surface area contributed by atoms with Crippen molar-refractivity contribution in [3.63, 3.8) is 0 Å². The number of aliphatic hydroxyl groups excluding tert-OH is 1. The van der Waals surface area contributed by atoms with E-state index in [0.29, 0.717) is 26.6 Å². The summed E-state index contributed by atoms with van der Waals surface area (Å²) in [6.07, 6.45) is -3.63. The Kier molecular flexibility index (Phi) is 7.70.